The van der Waals surface area contributed by atoms with Crippen LogP contribution < -0.4 is 0 Å². The second kappa shape index (κ2) is 9.37. The van der Waals surface area contributed by atoms with Crippen molar-refractivity contribution in [3.05, 3.63) is 42.7 Å². The summed E-state index contributed by atoms with van der Waals surface area (Å²) in [6, 6.07) is 10.6. The molecule has 28 heavy (non-hydrogen) atoms. The van der Waals surface area contributed by atoms with Gasteiger partial charge in [-0.15, -0.1) is 0 Å². The van der Waals surface area contributed by atoms with Crippen molar-refractivity contribution in [1.82, 2.24) is 19.4 Å². The van der Waals surface area contributed by atoms with Crippen molar-refractivity contribution in [1.29, 1.82) is 0 Å². The molecule has 1 atom stereocenters. The van der Waals surface area contributed by atoms with Crippen LogP contribution in [0.2, 0.25) is 0 Å². The predicted octanol–water partition coefficient (Wildman–Crippen LogP) is 3.81. The Labute approximate surface area is 168 Å². The lowest BCUT2D eigenvalue weighted by atomic mass is 9.98. The van der Waals surface area contributed by atoms with Gasteiger partial charge in [0.2, 0.25) is 5.91 Å². The van der Waals surface area contributed by atoms with Crippen LogP contribution in [0.5, 0.6) is 0 Å². The van der Waals surface area contributed by atoms with Gasteiger partial charge in [-0.3, -0.25) is 4.79 Å². The molecule has 0 saturated carbocycles. The molecule has 4 rings (SSSR count). The highest BCUT2D eigenvalue weighted by Gasteiger charge is 2.27. The molecule has 2 fully saturated rings. The Morgan fingerprint density at radius 1 is 1.00 bits per heavy atom. The maximum absolute atomic E-state index is 13.0. The first-order chi connectivity index (χ1) is 13.8. The molecule has 0 unspecified atom stereocenters. The first kappa shape index (κ1) is 19.2. The molecule has 1 amide bonds. The fraction of sp³-hybridized carbons (Fsp3) is 0.565. The molecule has 0 N–H and O–H groups in total. The number of amides is 1. The normalized spacial score (nSPS) is 20.6. The number of hydrogen-bond donors (Lipinski definition) is 0. The summed E-state index contributed by atoms with van der Waals surface area (Å²) < 4.78 is 2.11. The van der Waals surface area contributed by atoms with Crippen LogP contribution in [0.4, 0.5) is 0 Å². The van der Waals surface area contributed by atoms with Gasteiger partial charge in [-0.25, -0.2) is 4.98 Å². The van der Waals surface area contributed by atoms with E-state index >= 15 is 0 Å². The Balaban J connectivity index is 1.34. The average Bonchev–Trinajstić information content (AvgIpc) is 3.43. The Morgan fingerprint density at radius 2 is 1.79 bits per heavy atom. The third-order valence-corrected chi connectivity index (χ3v) is 6.24. The Bertz CT molecular complexity index is 751. The quantitative estimate of drug-likeness (QED) is 0.733. The van der Waals surface area contributed by atoms with Gasteiger partial charge in [-0.2, -0.15) is 0 Å². The van der Waals surface area contributed by atoms with E-state index in [0.717, 1.165) is 37.3 Å². The molecule has 5 heteroatoms. The summed E-state index contributed by atoms with van der Waals surface area (Å²) in [7, 11) is 0. The van der Waals surface area contributed by atoms with Gasteiger partial charge in [0.1, 0.15) is 5.82 Å². The van der Waals surface area contributed by atoms with Crippen molar-refractivity contribution in [2.45, 2.75) is 57.5 Å². The maximum atomic E-state index is 13.0. The fourth-order valence-electron chi connectivity index (χ4n) is 4.66. The fourth-order valence-corrected chi connectivity index (χ4v) is 4.66. The topological polar surface area (TPSA) is 41.4 Å². The molecule has 0 aliphatic carbocycles. The summed E-state index contributed by atoms with van der Waals surface area (Å²) in [5.41, 5.74) is 1.10. The molecular formula is C23H32N4O. The van der Waals surface area contributed by atoms with Crippen LogP contribution in [0, 0.1) is 0 Å². The number of carbonyl (C=O) groups is 1. The monoisotopic (exact) mass is 380 g/mol. The Morgan fingerprint density at radius 3 is 2.61 bits per heavy atom. The van der Waals surface area contributed by atoms with E-state index in [1.807, 2.05) is 30.6 Å². The Hall–Kier alpha value is -2.14. The number of piperidine rings is 1. The maximum Gasteiger partial charge on any atom is 0.224 e. The highest BCUT2D eigenvalue weighted by molar-refractivity contribution is 5.76. The molecular weight excluding hydrogens is 348 g/mol. The van der Waals surface area contributed by atoms with Crippen LogP contribution >= 0.6 is 0 Å². The summed E-state index contributed by atoms with van der Waals surface area (Å²) in [6.45, 7) is 5.25. The van der Waals surface area contributed by atoms with Crippen molar-refractivity contribution in [2.24, 2.45) is 0 Å². The number of aryl methyl sites for hydroxylation is 1. The molecule has 150 valence electrons. The number of rotatable bonds is 7. The van der Waals surface area contributed by atoms with Gasteiger partial charge in [-0.05, 0) is 51.6 Å². The Kier molecular flexibility index (Phi) is 6.42. The SMILES string of the molecule is O=C(CCn1ccnc1-c1ccccc1)N1CCCC[C@H]1CCN1CCCC1. The smallest absolute Gasteiger partial charge is 0.224 e. The van der Waals surface area contributed by atoms with Gasteiger partial charge in [0, 0.05) is 50.1 Å². The molecule has 1 aromatic heterocycles. The zero-order valence-corrected chi connectivity index (χ0v) is 16.8. The minimum atomic E-state index is 0.304. The molecule has 1 aromatic carbocycles. The summed E-state index contributed by atoms with van der Waals surface area (Å²) in [4.78, 5) is 22.3. The second-order valence-electron chi connectivity index (χ2n) is 8.13. The van der Waals surface area contributed by atoms with E-state index in [1.54, 1.807) is 0 Å². The second-order valence-corrected chi connectivity index (χ2v) is 8.13. The number of likely N-dealkylation sites (tertiary alicyclic amines) is 2. The number of aromatic nitrogens is 2. The first-order valence-electron chi connectivity index (χ1n) is 10.9. The van der Waals surface area contributed by atoms with Gasteiger partial charge < -0.3 is 14.4 Å². The number of benzene rings is 1. The molecule has 2 saturated heterocycles. The molecule has 0 spiro atoms. The van der Waals surface area contributed by atoms with Crippen LogP contribution in [0.15, 0.2) is 42.7 Å². The molecule has 2 aromatic rings. The number of nitrogens with zero attached hydrogens (tertiary/aromatic N) is 4. The van der Waals surface area contributed by atoms with Crippen LogP contribution in [-0.2, 0) is 11.3 Å². The summed E-state index contributed by atoms with van der Waals surface area (Å²) in [5, 5.41) is 0. The number of hydrogen-bond acceptors (Lipinski definition) is 3. The predicted molar refractivity (Wildman–Crippen MR) is 112 cm³/mol. The minimum absolute atomic E-state index is 0.304. The molecule has 0 bridgehead atoms. The number of carbonyl (C=O) groups excluding carboxylic acids is 1. The summed E-state index contributed by atoms with van der Waals surface area (Å²) >= 11 is 0. The van der Waals surface area contributed by atoms with E-state index in [0.29, 0.717) is 24.9 Å². The lowest BCUT2D eigenvalue weighted by molar-refractivity contribution is -0.135. The standard InChI is InChI=1S/C23H32N4O/c28-22(12-18-26-19-13-24-23(26)20-8-2-1-3-9-20)27-16-5-4-10-21(27)11-17-25-14-6-7-15-25/h1-3,8-9,13,19,21H,4-7,10-12,14-18H2/t21-/m0/s1. The minimum Gasteiger partial charge on any atom is -0.340 e. The van der Waals surface area contributed by atoms with Crippen LogP contribution in [0.1, 0.15) is 44.9 Å². The molecule has 2 aliphatic rings. The van der Waals surface area contributed by atoms with E-state index in [4.69, 9.17) is 0 Å². The molecule has 5 nitrogen and oxygen atoms in total. The summed E-state index contributed by atoms with van der Waals surface area (Å²) in [5.74, 6) is 1.25. The molecule has 0 radical (unpaired) electrons. The van der Waals surface area contributed by atoms with E-state index in [1.165, 1.54) is 38.8 Å². The van der Waals surface area contributed by atoms with Crippen molar-refractivity contribution in [3.8, 4) is 11.4 Å². The van der Waals surface area contributed by atoms with Gasteiger partial charge in [0.05, 0.1) is 0 Å². The third-order valence-electron chi connectivity index (χ3n) is 6.24. The highest BCUT2D eigenvalue weighted by atomic mass is 16.2. The van der Waals surface area contributed by atoms with Crippen molar-refractivity contribution >= 4 is 5.91 Å². The van der Waals surface area contributed by atoms with Gasteiger partial charge in [0.25, 0.3) is 0 Å². The first-order valence-corrected chi connectivity index (χ1v) is 10.9. The molecule has 2 aliphatic heterocycles. The van der Waals surface area contributed by atoms with Gasteiger partial charge >= 0.3 is 0 Å². The summed E-state index contributed by atoms with van der Waals surface area (Å²) in [6.07, 6.45) is 11.7. The number of imidazole rings is 1. The lowest BCUT2D eigenvalue weighted by Crippen LogP contribution is -2.45. The highest BCUT2D eigenvalue weighted by Crippen LogP contribution is 2.23. The van der Waals surface area contributed by atoms with Crippen molar-refractivity contribution in [2.75, 3.05) is 26.2 Å². The molecule has 3 heterocycles. The van der Waals surface area contributed by atoms with E-state index in [-0.39, 0.29) is 0 Å². The van der Waals surface area contributed by atoms with Crippen molar-refractivity contribution < 1.29 is 4.79 Å². The van der Waals surface area contributed by atoms with Crippen LogP contribution in [-0.4, -0.2) is 57.5 Å². The zero-order valence-electron chi connectivity index (χ0n) is 16.8. The van der Waals surface area contributed by atoms with Crippen molar-refractivity contribution in [3.63, 3.8) is 0 Å². The average molecular weight is 381 g/mol. The largest absolute Gasteiger partial charge is 0.340 e. The van der Waals surface area contributed by atoms with Gasteiger partial charge in [-0.1, -0.05) is 30.3 Å². The lowest BCUT2D eigenvalue weighted by Gasteiger charge is -2.37. The van der Waals surface area contributed by atoms with Crippen LogP contribution in [0.3, 0.4) is 0 Å². The van der Waals surface area contributed by atoms with Crippen LogP contribution in [0.25, 0.3) is 11.4 Å². The van der Waals surface area contributed by atoms with E-state index in [2.05, 4.69) is 31.5 Å². The van der Waals surface area contributed by atoms with E-state index < -0.39 is 0 Å². The third kappa shape index (κ3) is 4.64. The van der Waals surface area contributed by atoms with E-state index in [9.17, 15) is 4.79 Å². The van der Waals surface area contributed by atoms with Gasteiger partial charge in [0.15, 0.2) is 0 Å². The zero-order chi connectivity index (χ0) is 19.2.